The molecule has 0 radical (unpaired) electrons. The van der Waals surface area contributed by atoms with Crippen LogP contribution in [-0.4, -0.2) is 121 Å². The molecule has 3 heterocycles. The predicted molar refractivity (Wildman–Crippen MR) is 167 cm³/mol. The Bertz CT molecular complexity index is 1530. The van der Waals surface area contributed by atoms with Crippen LogP contribution in [0.4, 0.5) is 0 Å². The standard InChI is InChI=1S/C34H40N4O9/c1-36(2)26(40)13-12-22-10-7-11-23(16-22)19-38-29-32(42)46-25-18-34(29,30(47-38)28-27(25)44-20-45-28)33(43)37(3)24(31(41)35-14-15-39)17-21-8-5-4-6-9-21/h4-13,16,24-25,27-30,39H,14-15,17-20H2,1-3H3,(H,35,41)/t24-,25-,27+,28+,29+,30-,34+/m1/s1. The summed E-state index contributed by atoms with van der Waals surface area (Å²) in [7, 11) is 4.90. The molecular weight excluding hydrogens is 608 g/mol. The summed E-state index contributed by atoms with van der Waals surface area (Å²) in [4.78, 5) is 63.8. The highest BCUT2D eigenvalue weighted by Gasteiger charge is 2.75. The topological polar surface area (TPSA) is 147 Å². The van der Waals surface area contributed by atoms with Crippen molar-refractivity contribution in [1.29, 1.82) is 0 Å². The molecule has 3 aliphatic heterocycles. The zero-order valence-electron chi connectivity index (χ0n) is 26.6. The smallest absolute Gasteiger partial charge is 0.327 e. The second kappa shape index (κ2) is 13.5. The minimum Gasteiger partial charge on any atom is -0.458 e. The summed E-state index contributed by atoms with van der Waals surface area (Å²) in [6.45, 7) is -0.129. The third kappa shape index (κ3) is 6.17. The molecule has 2 N–H and O–H groups in total. The number of esters is 1. The summed E-state index contributed by atoms with van der Waals surface area (Å²) in [6, 6.07) is 14.7. The minimum absolute atomic E-state index is 0.0281. The number of rotatable bonds is 11. The first-order valence-electron chi connectivity index (χ1n) is 15.7. The molecule has 3 amide bonds. The molecule has 7 atom stereocenters. The van der Waals surface area contributed by atoms with Crippen LogP contribution >= 0.6 is 0 Å². The molecule has 13 nitrogen and oxygen atoms in total. The Hall–Kier alpha value is -4.14. The second-order valence-electron chi connectivity index (χ2n) is 12.6. The zero-order chi connectivity index (χ0) is 33.3. The van der Waals surface area contributed by atoms with Crippen molar-refractivity contribution in [3.05, 3.63) is 77.4 Å². The first-order valence-corrected chi connectivity index (χ1v) is 15.7. The molecule has 13 heteroatoms. The summed E-state index contributed by atoms with van der Waals surface area (Å²) < 4.78 is 17.7. The van der Waals surface area contributed by atoms with Gasteiger partial charge in [0.2, 0.25) is 17.7 Å². The number of hydrogen-bond acceptors (Lipinski definition) is 10. The van der Waals surface area contributed by atoms with Gasteiger partial charge in [-0.15, -0.1) is 0 Å². The van der Waals surface area contributed by atoms with Crippen LogP contribution < -0.4 is 5.32 Å². The molecule has 1 saturated carbocycles. The average Bonchev–Trinajstić information content (AvgIpc) is 3.70. The molecule has 2 aromatic rings. The van der Waals surface area contributed by atoms with Gasteiger partial charge in [-0.05, 0) is 22.8 Å². The van der Waals surface area contributed by atoms with E-state index in [9.17, 15) is 24.3 Å². The molecule has 0 aromatic heterocycles. The number of benzene rings is 2. The maximum absolute atomic E-state index is 14.9. The van der Waals surface area contributed by atoms with E-state index in [1.165, 1.54) is 20.9 Å². The van der Waals surface area contributed by atoms with Gasteiger partial charge in [-0.25, -0.2) is 0 Å². The molecular formula is C34H40N4O9. The molecule has 6 rings (SSSR count). The summed E-state index contributed by atoms with van der Waals surface area (Å²) in [6.07, 6.45) is 0.609. The van der Waals surface area contributed by atoms with Gasteiger partial charge >= 0.3 is 5.97 Å². The predicted octanol–water partition coefficient (Wildman–Crippen LogP) is 0.508. The summed E-state index contributed by atoms with van der Waals surface area (Å²) in [5.74, 6) is -1.64. The first kappa shape index (κ1) is 32.8. The fourth-order valence-corrected chi connectivity index (χ4v) is 7.11. The molecule has 1 aliphatic carbocycles. The number of carbonyl (C=O) groups is 4. The quantitative estimate of drug-likeness (QED) is 0.261. The van der Waals surface area contributed by atoms with Gasteiger partial charge in [0.05, 0.1) is 13.2 Å². The highest BCUT2D eigenvalue weighted by molar-refractivity contribution is 5.96. The van der Waals surface area contributed by atoms with Crippen LogP contribution in [-0.2, 0) is 51.2 Å². The monoisotopic (exact) mass is 648 g/mol. The number of amides is 3. The zero-order valence-corrected chi connectivity index (χ0v) is 26.6. The van der Waals surface area contributed by atoms with Crippen LogP contribution in [0, 0.1) is 5.41 Å². The van der Waals surface area contributed by atoms with Crippen LogP contribution in [0.1, 0.15) is 23.1 Å². The van der Waals surface area contributed by atoms with E-state index in [1.54, 1.807) is 27.2 Å². The van der Waals surface area contributed by atoms with Gasteiger partial charge in [0, 0.05) is 46.6 Å². The molecule has 0 unspecified atom stereocenters. The molecule has 2 aromatic carbocycles. The maximum atomic E-state index is 14.9. The Morgan fingerprint density at radius 1 is 1.06 bits per heavy atom. The second-order valence-corrected chi connectivity index (χ2v) is 12.6. The van der Waals surface area contributed by atoms with E-state index < -0.39 is 59.7 Å². The number of carbonyl (C=O) groups excluding carboxylic acids is 4. The number of nitrogens with zero attached hydrogens (tertiary/aromatic N) is 3. The number of hydroxylamine groups is 2. The fourth-order valence-electron chi connectivity index (χ4n) is 7.11. The van der Waals surface area contributed by atoms with Crippen molar-refractivity contribution in [2.24, 2.45) is 5.41 Å². The Morgan fingerprint density at radius 2 is 1.81 bits per heavy atom. The lowest BCUT2D eigenvalue weighted by atomic mass is 9.62. The Labute approximate surface area is 272 Å². The van der Waals surface area contributed by atoms with Gasteiger partial charge in [-0.2, -0.15) is 5.06 Å². The van der Waals surface area contributed by atoms with Crippen molar-refractivity contribution in [3.63, 3.8) is 0 Å². The number of likely N-dealkylation sites (N-methyl/N-ethyl adjacent to an activating group) is 2. The van der Waals surface area contributed by atoms with E-state index in [-0.39, 0.29) is 45.2 Å². The van der Waals surface area contributed by atoms with Crippen LogP contribution in [0.25, 0.3) is 6.08 Å². The molecule has 2 bridgehead atoms. The van der Waals surface area contributed by atoms with E-state index in [1.807, 2.05) is 54.6 Å². The third-order valence-electron chi connectivity index (χ3n) is 9.39. The Morgan fingerprint density at radius 3 is 2.55 bits per heavy atom. The van der Waals surface area contributed by atoms with Gasteiger partial charge in [-0.3, -0.25) is 24.0 Å². The Balaban J connectivity index is 1.34. The summed E-state index contributed by atoms with van der Waals surface area (Å²) in [5.41, 5.74) is 0.953. The lowest BCUT2D eigenvalue weighted by molar-refractivity contribution is -0.204. The van der Waals surface area contributed by atoms with Crippen molar-refractivity contribution in [2.75, 3.05) is 41.1 Å². The van der Waals surface area contributed by atoms with E-state index >= 15 is 0 Å². The van der Waals surface area contributed by atoms with E-state index in [0.29, 0.717) is 0 Å². The molecule has 4 aliphatic rings. The lowest BCUT2D eigenvalue weighted by Crippen LogP contribution is -2.70. The highest BCUT2D eigenvalue weighted by Crippen LogP contribution is 2.56. The van der Waals surface area contributed by atoms with Gasteiger partial charge < -0.3 is 34.4 Å². The number of ether oxygens (including phenoxy) is 3. The van der Waals surface area contributed by atoms with Crippen molar-refractivity contribution < 1.29 is 43.3 Å². The molecule has 47 heavy (non-hydrogen) atoms. The number of fused-ring (bicyclic) bond motifs is 4. The summed E-state index contributed by atoms with van der Waals surface area (Å²) in [5, 5.41) is 13.6. The normalized spacial score (nSPS) is 28.4. The van der Waals surface area contributed by atoms with Gasteiger partial charge in [0.25, 0.3) is 0 Å². The van der Waals surface area contributed by atoms with Crippen molar-refractivity contribution in [3.8, 4) is 0 Å². The third-order valence-corrected chi connectivity index (χ3v) is 9.39. The van der Waals surface area contributed by atoms with Crippen molar-refractivity contribution in [2.45, 2.75) is 55.9 Å². The molecule has 250 valence electrons. The lowest BCUT2D eigenvalue weighted by Gasteiger charge is -2.50. The molecule has 4 fully saturated rings. The van der Waals surface area contributed by atoms with Crippen LogP contribution in [0.3, 0.4) is 0 Å². The number of aliphatic hydroxyl groups excluding tert-OH is 1. The Kier molecular flexibility index (Phi) is 9.44. The van der Waals surface area contributed by atoms with Crippen molar-refractivity contribution in [1.82, 2.24) is 20.2 Å². The van der Waals surface area contributed by atoms with E-state index in [0.717, 1.165) is 16.7 Å². The molecule has 3 saturated heterocycles. The van der Waals surface area contributed by atoms with Gasteiger partial charge in [0.1, 0.15) is 42.7 Å². The van der Waals surface area contributed by atoms with Gasteiger partial charge in [0.15, 0.2) is 6.04 Å². The largest absolute Gasteiger partial charge is 0.458 e. The number of hydrogen-bond donors (Lipinski definition) is 2. The number of aliphatic hydroxyl groups is 1. The van der Waals surface area contributed by atoms with Crippen LogP contribution in [0.5, 0.6) is 0 Å². The van der Waals surface area contributed by atoms with Crippen molar-refractivity contribution >= 4 is 29.8 Å². The maximum Gasteiger partial charge on any atom is 0.327 e. The highest BCUT2D eigenvalue weighted by atomic mass is 16.8. The first-order chi connectivity index (χ1) is 22.6. The van der Waals surface area contributed by atoms with E-state index in [4.69, 9.17) is 19.0 Å². The van der Waals surface area contributed by atoms with Crippen LogP contribution in [0.15, 0.2) is 60.7 Å². The van der Waals surface area contributed by atoms with Crippen LogP contribution in [0.2, 0.25) is 0 Å². The molecule has 0 spiro atoms. The SMILES string of the molecule is CN(C)C(=O)C=Cc1cccc(CN2O[C@@H]3[C@H]4OCO[C@H]4[C@H]4C[C@]3(C(=O)N(C)[C@H](Cc3ccccc3)C(=O)NCCO)[C@@H]2C(=O)O4)c1. The summed E-state index contributed by atoms with van der Waals surface area (Å²) >= 11 is 0. The fraction of sp³-hybridized carbons (Fsp3) is 0.471. The van der Waals surface area contributed by atoms with Gasteiger partial charge in [-0.1, -0.05) is 54.6 Å². The number of nitrogens with one attached hydrogen (secondary N) is 1. The average molecular weight is 649 g/mol. The van der Waals surface area contributed by atoms with E-state index in [2.05, 4.69) is 5.32 Å². The minimum atomic E-state index is -1.44.